The number of hydrogen-bond acceptors (Lipinski definition) is 4. The van der Waals surface area contributed by atoms with Crippen LogP contribution in [-0.4, -0.2) is 43.9 Å². The Balaban J connectivity index is 1.93. The fraction of sp³-hybridized carbons (Fsp3) is 1.00. The average Bonchev–Trinajstić information content (AvgIpc) is 2.05. The zero-order valence-electron chi connectivity index (χ0n) is 5.97. The van der Waals surface area contributed by atoms with Crippen molar-refractivity contribution in [2.75, 3.05) is 32.8 Å². The van der Waals surface area contributed by atoms with E-state index in [1.165, 1.54) is 0 Å². The molecule has 0 amide bonds. The summed E-state index contributed by atoms with van der Waals surface area (Å²) in [6, 6.07) is 0. The largest absolute Gasteiger partial charge is 0.312 e. The van der Waals surface area contributed by atoms with E-state index < -0.39 is 0 Å². The lowest BCUT2D eigenvalue weighted by molar-refractivity contribution is -0.0955. The molecule has 10 heavy (non-hydrogen) atoms. The van der Waals surface area contributed by atoms with E-state index >= 15 is 0 Å². The number of nitrogens with zero attached hydrogens (tertiary/aromatic N) is 1. The Kier molecular flexibility index (Phi) is 1.86. The second kappa shape index (κ2) is 2.84. The maximum absolute atomic E-state index is 5.11. The molecule has 2 rings (SSSR count). The molecule has 0 spiro atoms. The van der Waals surface area contributed by atoms with E-state index in [1.807, 2.05) is 0 Å². The predicted molar refractivity (Wildman–Crippen MR) is 37.3 cm³/mol. The molecule has 2 aliphatic heterocycles. The van der Waals surface area contributed by atoms with Crippen LogP contribution in [0.1, 0.15) is 0 Å². The Morgan fingerprint density at radius 1 is 1.40 bits per heavy atom. The first kappa shape index (κ1) is 6.54. The third-order valence-electron chi connectivity index (χ3n) is 2.05. The second-order valence-corrected chi connectivity index (χ2v) is 2.72. The molecule has 2 N–H and O–H groups in total. The van der Waals surface area contributed by atoms with Gasteiger partial charge in [-0.05, 0) is 0 Å². The predicted octanol–water partition coefficient (Wildman–Crippen LogP) is -1.25. The second-order valence-electron chi connectivity index (χ2n) is 2.72. The SMILES string of the molecule is C1CN2CCONC2CN1. The molecule has 4 nitrogen and oxygen atoms in total. The number of fused-ring (bicyclic) bond motifs is 1. The van der Waals surface area contributed by atoms with E-state index in [4.69, 9.17) is 4.84 Å². The summed E-state index contributed by atoms with van der Waals surface area (Å²) < 4.78 is 0. The Morgan fingerprint density at radius 2 is 2.40 bits per heavy atom. The van der Waals surface area contributed by atoms with Gasteiger partial charge in [-0.15, -0.1) is 0 Å². The molecule has 1 unspecified atom stereocenters. The molecular weight excluding hydrogens is 130 g/mol. The Hall–Kier alpha value is -0.160. The smallest absolute Gasteiger partial charge is 0.0964 e. The number of piperazine rings is 1. The zero-order valence-corrected chi connectivity index (χ0v) is 5.97. The first-order chi connectivity index (χ1) is 4.97. The van der Waals surface area contributed by atoms with Gasteiger partial charge in [0, 0.05) is 26.2 Å². The molecule has 0 aromatic rings. The maximum Gasteiger partial charge on any atom is 0.0964 e. The first-order valence-corrected chi connectivity index (χ1v) is 3.79. The highest BCUT2D eigenvalue weighted by atomic mass is 16.7. The van der Waals surface area contributed by atoms with Gasteiger partial charge in [-0.2, -0.15) is 5.48 Å². The molecular formula is C6H13N3O. The summed E-state index contributed by atoms with van der Waals surface area (Å²) >= 11 is 0. The third kappa shape index (κ3) is 1.15. The lowest BCUT2D eigenvalue weighted by atomic mass is 10.3. The molecule has 0 aromatic heterocycles. The van der Waals surface area contributed by atoms with Crippen LogP contribution in [-0.2, 0) is 4.84 Å². The summed E-state index contributed by atoms with van der Waals surface area (Å²) in [7, 11) is 0. The minimum Gasteiger partial charge on any atom is -0.312 e. The van der Waals surface area contributed by atoms with E-state index in [0.717, 1.165) is 32.8 Å². The van der Waals surface area contributed by atoms with Gasteiger partial charge in [-0.25, -0.2) is 0 Å². The number of hydroxylamine groups is 1. The van der Waals surface area contributed by atoms with Crippen molar-refractivity contribution in [2.45, 2.75) is 6.17 Å². The van der Waals surface area contributed by atoms with Crippen LogP contribution in [0.2, 0.25) is 0 Å². The summed E-state index contributed by atoms with van der Waals surface area (Å²) in [5, 5.41) is 3.30. The lowest BCUT2D eigenvalue weighted by Gasteiger charge is -2.39. The summed E-state index contributed by atoms with van der Waals surface area (Å²) in [6.07, 6.45) is 0.405. The average molecular weight is 143 g/mol. The van der Waals surface area contributed by atoms with Crippen molar-refractivity contribution in [2.24, 2.45) is 0 Å². The third-order valence-corrected chi connectivity index (χ3v) is 2.05. The monoisotopic (exact) mass is 143 g/mol. The molecule has 1 atom stereocenters. The van der Waals surface area contributed by atoms with Crippen LogP contribution in [0.15, 0.2) is 0 Å². The minimum absolute atomic E-state index is 0.405. The van der Waals surface area contributed by atoms with Crippen molar-refractivity contribution >= 4 is 0 Å². The van der Waals surface area contributed by atoms with E-state index in [9.17, 15) is 0 Å². The van der Waals surface area contributed by atoms with E-state index in [-0.39, 0.29) is 0 Å². The van der Waals surface area contributed by atoms with Crippen LogP contribution in [0.5, 0.6) is 0 Å². The van der Waals surface area contributed by atoms with Crippen LogP contribution in [0.25, 0.3) is 0 Å². The normalized spacial score (nSPS) is 35.4. The van der Waals surface area contributed by atoms with Crippen molar-refractivity contribution in [3.63, 3.8) is 0 Å². The highest BCUT2D eigenvalue weighted by Gasteiger charge is 2.24. The van der Waals surface area contributed by atoms with Crippen LogP contribution < -0.4 is 10.8 Å². The number of nitrogens with one attached hydrogen (secondary N) is 2. The van der Waals surface area contributed by atoms with Crippen molar-refractivity contribution in [1.82, 2.24) is 15.7 Å². The van der Waals surface area contributed by atoms with Crippen LogP contribution in [0.3, 0.4) is 0 Å². The van der Waals surface area contributed by atoms with Gasteiger partial charge in [-0.1, -0.05) is 0 Å². The zero-order chi connectivity index (χ0) is 6.81. The standard InChI is InChI=1S/C6H13N3O/c1-2-9-3-4-10-8-6(9)5-7-1/h6-8H,1-5H2. The topological polar surface area (TPSA) is 36.5 Å². The van der Waals surface area contributed by atoms with Gasteiger partial charge in [0.05, 0.1) is 12.8 Å². The van der Waals surface area contributed by atoms with Crippen molar-refractivity contribution in [3.05, 3.63) is 0 Å². The fourth-order valence-corrected chi connectivity index (χ4v) is 1.45. The fourth-order valence-electron chi connectivity index (χ4n) is 1.45. The minimum atomic E-state index is 0.405. The maximum atomic E-state index is 5.11. The summed E-state index contributed by atoms with van der Waals surface area (Å²) in [5.41, 5.74) is 2.98. The van der Waals surface area contributed by atoms with Gasteiger partial charge in [0.15, 0.2) is 0 Å². The molecule has 0 saturated carbocycles. The molecule has 2 fully saturated rings. The molecule has 0 bridgehead atoms. The highest BCUT2D eigenvalue weighted by Crippen LogP contribution is 2.03. The van der Waals surface area contributed by atoms with Crippen molar-refractivity contribution in [3.8, 4) is 0 Å². The number of hydrogen-bond donors (Lipinski definition) is 2. The highest BCUT2D eigenvalue weighted by molar-refractivity contribution is 4.77. The summed E-state index contributed by atoms with van der Waals surface area (Å²) in [6.45, 7) is 5.13. The molecule has 4 heteroatoms. The van der Waals surface area contributed by atoms with Gasteiger partial charge in [0.2, 0.25) is 0 Å². The summed E-state index contributed by atoms with van der Waals surface area (Å²) in [5.74, 6) is 0. The van der Waals surface area contributed by atoms with Crippen molar-refractivity contribution < 1.29 is 4.84 Å². The first-order valence-electron chi connectivity index (χ1n) is 3.79. The quantitative estimate of drug-likeness (QED) is 0.444. The molecule has 58 valence electrons. The molecule has 2 aliphatic rings. The molecule has 0 aromatic carbocycles. The van der Waals surface area contributed by atoms with Crippen LogP contribution in [0.4, 0.5) is 0 Å². The van der Waals surface area contributed by atoms with Crippen LogP contribution in [0, 0.1) is 0 Å². The van der Waals surface area contributed by atoms with Gasteiger partial charge < -0.3 is 5.32 Å². The molecule has 0 radical (unpaired) electrons. The van der Waals surface area contributed by atoms with E-state index in [2.05, 4.69) is 15.7 Å². The summed E-state index contributed by atoms with van der Waals surface area (Å²) in [4.78, 5) is 7.51. The Bertz CT molecular complexity index is 93.6. The van der Waals surface area contributed by atoms with Gasteiger partial charge in [0.25, 0.3) is 0 Å². The Labute approximate surface area is 60.5 Å². The number of rotatable bonds is 0. The lowest BCUT2D eigenvalue weighted by Crippen LogP contribution is -2.61. The van der Waals surface area contributed by atoms with Gasteiger partial charge in [0.1, 0.15) is 0 Å². The molecule has 2 saturated heterocycles. The molecule has 2 heterocycles. The van der Waals surface area contributed by atoms with Crippen LogP contribution >= 0.6 is 0 Å². The van der Waals surface area contributed by atoms with Gasteiger partial charge in [-0.3, -0.25) is 9.74 Å². The van der Waals surface area contributed by atoms with Gasteiger partial charge >= 0.3 is 0 Å². The Morgan fingerprint density at radius 3 is 3.30 bits per heavy atom. The van der Waals surface area contributed by atoms with E-state index in [0.29, 0.717) is 6.17 Å². The van der Waals surface area contributed by atoms with Crippen molar-refractivity contribution in [1.29, 1.82) is 0 Å². The molecule has 0 aliphatic carbocycles. The van der Waals surface area contributed by atoms with E-state index in [1.54, 1.807) is 0 Å².